The molecule has 5 heteroatoms. The fraction of sp³-hybridized carbons (Fsp3) is 0.550. The van der Waals surface area contributed by atoms with E-state index in [0.29, 0.717) is 5.91 Å². The molecule has 1 saturated heterocycles. The highest BCUT2D eigenvalue weighted by Gasteiger charge is 2.33. The lowest BCUT2D eigenvalue weighted by Crippen LogP contribution is -2.44. The summed E-state index contributed by atoms with van der Waals surface area (Å²) in [5.41, 5.74) is 2.59. The Labute approximate surface area is 149 Å². The second kappa shape index (κ2) is 6.62. The molecule has 5 nitrogen and oxygen atoms in total. The predicted octanol–water partition coefficient (Wildman–Crippen LogP) is 3.18. The lowest BCUT2D eigenvalue weighted by Gasteiger charge is -2.36. The lowest BCUT2D eigenvalue weighted by atomic mass is 9.82. The Morgan fingerprint density at radius 1 is 1.16 bits per heavy atom. The van der Waals surface area contributed by atoms with Crippen molar-refractivity contribution in [3.05, 3.63) is 47.0 Å². The quantitative estimate of drug-likeness (QED) is 0.845. The van der Waals surface area contributed by atoms with Gasteiger partial charge in [0.2, 0.25) is 5.91 Å². The molecule has 0 saturated carbocycles. The van der Waals surface area contributed by atoms with Crippen LogP contribution in [0.1, 0.15) is 60.4 Å². The first-order chi connectivity index (χ1) is 12.1. The van der Waals surface area contributed by atoms with Crippen molar-refractivity contribution in [1.82, 2.24) is 19.7 Å². The highest BCUT2D eigenvalue weighted by atomic mass is 16.2. The van der Waals surface area contributed by atoms with Crippen molar-refractivity contribution in [2.45, 2.75) is 57.9 Å². The zero-order chi connectivity index (χ0) is 17.4. The van der Waals surface area contributed by atoms with Gasteiger partial charge in [-0.1, -0.05) is 24.3 Å². The minimum Gasteiger partial charge on any atom is -0.340 e. The van der Waals surface area contributed by atoms with Crippen LogP contribution in [0.2, 0.25) is 0 Å². The fourth-order valence-electron chi connectivity index (χ4n) is 4.47. The third-order valence-corrected chi connectivity index (χ3v) is 5.63. The van der Waals surface area contributed by atoms with Gasteiger partial charge in [0.15, 0.2) is 0 Å². The maximum Gasteiger partial charge on any atom is 0.230 e. The van der Waals surface area contributed by atoms with Crippen LogP contribution >= 0.6 is 0 Å². The molecule has 132 valence electrons. The molecule has 1 aromatic heterocycles. The summed E-state index contributed by atoms with van der Waals surface area (Å²) < 4.78 is 2.02. The molecular formula is C20H26N4O. The van der Waals surface area contributed by atoms with E-state index in [1.165, 1.54) is 11.1 Å². The lowest BCUT2D eigenvalue weighted by molar-refractivity contribution is -0.134. The highest BCUT2D eigenvalue weighted by Crippen LogP contribution is 2.34. The third-order valence-electron chi connectivity index (χ3n) is 5.63. The van der Waals surface area contributed by atoms with Gasteiger partial charge in [-0.05, 0) is 57.1 Å². The standard InChI is InChI=1S/C20H26N4O/c1-14-21-15(2)24(22-14)17-9-6-12-23(13-17)20(25)19-11-5-8-16-7-3-4-10-18(16)19/h3-4,7,10,17,19H,5-6,8-9,11-13H2,1-2H3/t17-,19-/m0/s1. The molecule has 0 radical (unpaired) electrons. The number of likely N-dealkylation sites (tertiary alicyclic amines) is 1. The molecule has 0 N–H and O–H groups in total. The minimum atomic E-state index is 0.0299. The number of hydrogen-bond acceptors (Lipinski definition) is 3. The number of amides is 1. The van der Waals surface area contributed by atoms with Gasteiger partial charge in [-0.15, -0.1) is 0 Å². The number of aromatic nitrogens is 3. The molecule has 0 bridgehead atoms. The number of carbonyl (C=O) groups excluding carboxylic acids is 1. The predicted molar refractivity (Wildman–Crippen MR) is 96.5 cm³/mol. The monoisotopic (exact) mass is 338 g/mol. The van der Waals surface area contributed by atoms with Crippen molar-refractivity contribution in [3.63, 3.8) is 0 Å². The molecule has 2 atom stereocenters. The summed E-state index contributed by atoms with van der Waals surface area (Å²) in [7, 11) is 0. The van der Waals surface area contributed by atoms with Crippen molar-refractivity contribution >= 4 is 5.91 Å². The first kappa shape index (κ1) is 16.3. The van der Waals surface area contributed by atoms with Gasteiger partial charge in [0.1, 0.15) is 11.6 Å². The Bertz CT molecular complexity index is 782. The Kier molecular flexibility index (Phi) is 4.32. The van der Waals surface area contributed by atoms with Crippen molar-refractivity contribution < 1.29 is 4.79 Å². The smallest absolute Gasteiger partial charge is 0.230 e. The van der Waals surface area contributed by atoms with Crippen LogP contribution in [0.25, 0.3) is 0 Å². The molecule has 0 unspecified atom stereocenters. The third kappa shape index (κ3) is 3.08. The van der Waals surface area contributed by atoms with E-state index >= 15 is 0 Å². The topological polar surface area (TPSA) is 51.0 Å². The molecule has 1 aromatic carbocycles. The van der Waals surface area contributed by atoms with Gasteiger partial charge < -0.3 is 4.90 Å². The van der Waals surface area contributed by atoms with E-state index in [4.69, 9.17) is 0 Å². The molecule has 1 fully saturated rings. The summed E-state index contributed by atoms with van der Waals surface area (Å²) >= 11 is 0. The maximum atomic E-state index is 13.3. The minimum absolute atomic E-state index is 0.0299. The molecule has 2 aliphatic rings. The van der Waals surface area contributed by atoms with E-state index < -0.39 is 0 Å². The van der Waals surface area contributed by atoms with Crippen LogP contribution in [0.5, 0.6) is 0 Å². The average Bonchev–Trinajstić information content (AvgIpc) is 2.99. The molecule has 2 aromatic rings. The van der Waals surface area contributed by atoms with Crippen molar-refractivity contribution in [2.24, 2.45) is 0 Å². The van der Waals surface area contributed by atoms with E-state index in [1.54, 1.807) is 0 Å². The largest absolute Gasteiger partial charge is 0.340 e. The molecule has 4 rings (SSSR count). The molecule has 25 heavy (non-hydrogen) atoms. The van der Waals surface area contributed by atoms with Crippen molar-refractivity contribution in [2.75, 3.05) is 13.1 Å². The summed E-state index contributed by atoms with van der Waals surface area (Å²) in [5, 5.41) is 4.54. The average molecular weight is 338 g/mol. The molecule has 1 aliphatic heterocycles. The normalized spacial score (nSPS) is 23.4. The Balaban J connectivity index is 1.54. The Hall–Kier alpha value is -2.17. The zero-order valence-electron chi connectivity index (χ0n) is 15.1. The number of carbonyl (C=O) groups is 1. The van der Waals surface area contributed by atoms with Crippen LogP contribution in [0, 0.1) is 13.8 Å². The van der Waals surface area contributed by atoms with Crippen LogP contribution in [0.4, 0.5) is 0 Å². The molecule has 1 amide bonds. The number of aryl methyl sites for hydroxylation is 3. The Morgan fingerprint density at radius 2 is 2.00 bits per heavy atom. The van der Waals surface area contributed by atoms with E-state index in [0.717, 1.165) is 56.8 Å². The van der Waals surface area contributed by atoms with Gasteiger partial charge in [0, 0.05) is 13.1 Å². The molecular weight excluding hydrogens is 312 g/mol. The van der Waals surface area contributed by atoms with E-state index in [2.05, 4.69) is 39.2 Å². The van der Waals surface area contributed by atoms with Crippen LogP contribution in [-0.4, -0.2) is 38.7 Å². The van der Waals surface area contributed by atoms with E-state index in [1.807, 2.05) is 18.5 Å². The van der Waals surface area contributed by atoms with Crippen LogP contribution in [0.3, 0.4) is 0 Å². The van der Waals surface area contributed by atoms with Crippen LogP contribution in [0.15, 0.2) is 24.3 Å². The van der Waals surface area contributed by atoms with E-state index in [9.17, 15) is 4.79 Å². The number of nitrogens with zero attached hydrogens (tertiary/aromatic N) is 4. The van der Waals surface area contributed by atoms with Gasteiger partial charge in [0.25, 0.3) is 0 Å². The number of piperidine rings is 1. The van der Waals surface area contributed by atoms with E-state index in [-0.39, 0.29) is 12.0 Å². The summed E-state index contributed by atoms with van der Waals surface area (Å²) in [5.74, 6) is 2.08. The summed E-state index contributed by atoms with van der Waals surface area (Å²) in [4.78, 5) is 19.8. The van der Waals surface area contributed by atoms with Gasteiger partial charge >= 0.3 is 0 Å². The first-order valence-corrected chi connectivity index (χ1v) is 9.40. The number of hydrogen-bond donors (Lipinski definition) is 0. The van der Waals surface area contributed by atoms with Crippen molar-refractivity contribution in [1.29, 1.82) is 0 Å². The molecule has 2 heterocycles. The zero-order valence-corrected chi connectivity index (χ0v) is 15.1. The Morgan fingerprint density at radius 3 is 2.80 bits per heavy atom. The maximum absolute atomic E-state index is 13.3. The summed E-state index contributed by atoms with van der Waals surface area (Å²) in [6.07, 6.45) is 5.27. The SMILES string of the molecule is Cc1nc(C)n([C@H]2CCCN(C(=O)[C@H]3CCCc4ccccc43)C2)n1. The number of rotatable bonds is 2. The fourth-order valence-corrected chi connectivity index (χ4v) is 4.47. The van der Waals surface area contributed by atoms with Crippen LogP contribution < -0.4 is 0 Å². The second-order valence-corrected chi connectivity index (χ2v) is 7.37. The van der Waals surface area contributed by atoms with Crippen molar-refractivity contribution in [3.8, 4) is 0 Å². The molecule has 1 aliphatic carbocycles. The molecule has 0 spiro atoms. The van der Waals surface area contributed by atoms with Crippen LogP contribution in [-0.2, 0) is 11.2 Å². The number of fused-ring (bicyclic) bond motifs is 1. The summed E-state index contributed by atoms with van der Waals surface area (Å²) in [6, 6.07) is 8.71. The highest BCUT2D eigenvalue weighted by molar-refractivity contribution is 5.84. The van der Waals surface area contributed by atoms with Gasteiger partial charge in [-0.3, -0.25) is 4.79 Å². The number of benzene rings is 1. The summed E-state index contributed by atoms with van der Waals surface area (Å²) in [6.45, 7) is 5.54. The van der Waals surface area contributed by atoms with Gasteiger partial charge in [-0.25, -0.2) is 9.67 Å². The van der Waals surface area contributed by atoms with Gasteiger partial charge in [-0.2, -0.15) is 5.10 Å². The second-order valence-electron chi connectivity index (χ2n) is 7.37. The first-order valence-electron chi connectivity index (χ1n) is 9.40. The van der Waals surface area contributed by atoms with Gasteiger partial charge in [0.05, 0.1) is 12.0 Å².